The summed E-state index contributed by atoms with van der Waals surface area (Å²) < 4.78 is 5.36. The average molecular weight is 272 g/mol. The molecule has 0 aliphatic carbocycles. The van der Waals surface area contributed by atoms with Crippen LogP contribution in [0.25, 0.3) is 0 Å². The van der Waals surface area contributed by atoms with Crippen LogP contribution in [0.2, 0.25) is 0 Å². The third kappa shape index (κ3) is 3.24. The number of nitrogen functional groups attached to an aromatic ring is 1. The van der Waals surface area contributed by atoms with Gasteiger partial charge in [-0.25, -0.2) is 15.8 Å². The Bertz CT molecular complexity index is 584. The third-order valence-electron chi connectivity index (χ3n) is 3.07. The van der Waals surface area contributed by atoms with Crippen molar-refractivity contribution in [2.75, 3.05) is 12.5 Å². The molecule has 0 atom stereocenters. The number of hydrazine groups is 1. The molecule has 5 heteroatoms. The fourth-order valence-corrected chi connectivity index (χ4v) is 1.99. The molecule has 20 heavy (non-hydrogen) atoms. The van der Waals surface area contributed by atoms with E-state index >= 15 is 0 Å². The summed E-state index contributed by atoms with van der Waals surface area (Å²) in [4.78, 5) is 8.99. The molecule has 2 aromatic rings. The number of benzene rings is 1. The molecular weight excluding hydrogens is 252 g/mol. The number of nitrogens with zero attached hydrogens (tertiary/aromatic N) is 2. The van der Waals surface area contributed by atoms with Crippen molar-refractivity contribution in [1.82, 2.24) is 9.97 Å². The predicted octanol–water partition coefficient (Wildman–Crippen LogP) is 2.49. The predicted molar refractivity (Wildman–Crippen MR) is 79.7 cm³/mol. The van der Waals surface area contributed by atoms with Crippen LogP contribution in [0, 0.1) is 0 Å². The Morgan fingerprint density at radius 3 is 2.65 bits per heavy atom. The van der Waals surface area contributed by atoms with E-state index in [1.165, 1.54) is 0 Å². The van der Waals surface area contributed by atoms with E-state index < -0.39 is 0 Å². The summed E-state index contributed by atoms with van der Waals surface area (Å²) in [6, 6.07) is 9.74. The first-order valence-corrected chi connectivity index (χ1v) is 6.60. The van der Waals surface area contributed by atoms with Crippen molar-refractivity contribution in [3.8, 4) is 5.75 Å². The van der Waals surface area contributed by atoms with E-state index in [2.05, 4.69) is 29.2 Å². The first-order valence-electron chi connectivity index (χ1n) is 6.60. The highest BCUT2D eigenvalue weighted by molar-refractivity contribution is 5.39. The molecule has 1 aromatic carbocycles. The fraction of sp³-hybridized carbons (Fsp3) is 0.333. The maximum Gasteiger partial charge on any atom is 0.143 e. The Morgan fingerprint density at radius 1 is 1.25 bits per heavy atom. The van der Waals surface area contributed by atoms with Crippen LogP contribution in [0.5, 0.6) is 5.75 Å². The quantitative estimate of drug-likeness (QED) is 0.646. The van der Waals surface area contributed by atoms with Gasteiger partial charge in [0.05, 0.1) is 7.11 Å². The first kappa shape index (κ1) is 14.3. The lowest BCUT2D eigenvalue weighted by Gasteiger charge is -2.11. The molecule has 0 radical (unpaired) electrons. The standard InChI is InChI=1S/C15H20N4O/c1-10(2)12-9-15(19-16)18-14(17-12)8-11-6-4-5-7-13(11)20-3/h4-7,9-10H,8,16H2,1-3H3,(H,17,18,19). The number of nitrogens with one attached hydrogen (secondary N) is 1. The third-order valence-corrected chi connectivity index (χ3v) is 3.07. The van der Waals surface area contributed by atoms with Crippen molar-refractivity contribution in [3.63, 3.8) is 0 Å². The van der Waals surface area contributed by atoms with Crippen molar-refractivity contribution in [1.29, 1.82) is 0 Å². The van der Waals surface area contributed by atoms with Gasteiger partial charge in [0, 0.05) is 23.7 Å². The lowest BCUT2D eigenvalue weighted by Crippen LogP contribution is -2.12. The van der Waals surface area contributed by atoms with E-state index in [-0.39, 0.29) is 0 Å². The smallest absolute Gasteiger partial charge is 0.143 e. The van der Waals surface area contributed by atoms with Crippen molar-refractivity contribution in [2.45, 2.75) is 26.2 Å². The summed E-state index contributed by atoms with van der Waals surface area (Å²) in [6.45, 7) is 4.19. The van der Waals surface area contributed by atoms with Gasteiger partial charge in [-0.15, -0.1) is 0 Å². The summed E-state index contributed by atoms with van der Waals surface area (Å²) in [6.07, 6.45) is 0.610. The van der Waals surface area contributed by atoms with Crippen LogP contribution in [0.1, 0.15) is 36.8 Å². The molecule has 1 heterocycles. The van der Waals surface area contributed by atoms with E-state index in [0.29, 0.717) is 18.2 Å². The Kier molecular flexibility index (Phi) is 4.53. The lowest BCUT2D eigenvalue weighted by molar-refractivity contribution is 0.410. The van der Waals surface area contributed by atoms with Crippen molar-refractivity contribution >= 4 is 5.82 Å². The van der Waals surface area contributed by atoms with Gasteiger partial charge >= 0.3 is 0 Å². The second kappa shape index (κ2) is 6.34. The number of methoxy groups -OCH3 is 1. The summed E-state index contributed by atoms with van der Waals surface area (Å²) >= 11 is 0. The highest BCUT2D eigenvalue weighted by atomic mass is 16.5. The number of para-hydroxylation sites is 1. The zero-order valence-electron chi connectivity index (χ0n) is 12.1. The number of ether oxygens (including phenoxy) is 1. The molecule has 106 valence electrons. The van der Waals surface area contributed by atoms with Crippen LogP contribution in [-0.4, -0.2) is 17.1 Å². The molecule has 0 aliphatic rings. The molecule has 5 nitrogen and oxygen atoms in total. The van der Waals surface area contributed by atoms with Crippen molar-refractivity contribution < 1.29 is 4.74 Å². The molecular formula is C15H20N4O. The van der Waals surface area contributed by atoms with Gasteiger partial charge in [0.1, 0.15) is 17.4 Å². The first-order chi connectivity index (χ1) is 9.63. The average Bonchev–Trinajstić information content (AvgIpc) is 2.47. The summed E-state index contributed by atoms with van der Waals surface area (Å²) in [5.41, 5.74) is 4.62. The minimum atomic E-state index is 0.321. The number of aromatic nitrogens is 2. The van der Waals surface area contributed by atoms with Crippen LogP contribution in [0.15, 0.2) is 30.3 Å². The zero-order chi connectivity index (χ0) is 14.5. The van der Waals surface area contributed by atoms with Crippen LogP contribution in [0.4, 0.5) is 5.82 Å². The van der Waals surface area contributed by atoms with E-state index in [1.807, 2.05) is 30.3 Å². The van der Waals surface area contributed by atoms with Crippen LogP contribution in [0.3, 0.4) is 0 Å². The molecule has 0 bridgehead atoms. The van der Waals surface area contributed by atoms with Gasteiger partial charge in [0.2, 0.25) is 0 Å². The normalized spacial score (nSPS) is 10.7. The van der Waals surface area contributed by atoms with E-state index in [0.717, 1.165) is 22.8 Å². The van der Waals surface area contributed by atoms with Gasteiger partial charge in [0.15, 0.2) is 0 Å². The number of rotatable bonds is 5. The topological polar surface area (TPSA) is 73.1 Å². The molecule has 3 N–H and O–H groups in total. The Balaban J connectivity index is 2.35. The highest BCUT2D eigenvalue weighted by Crippen LogP contribution is 2.21. The van der Waals surface area contributed by atoms with Crippen molar-refractivity contribution in [3.05, 3.63) is 47.4 Å². The molecule has 0 amide bonds. The second-order valence-electron chi connectivity index (χ2n) is 4.88. The van der Waals surface area contributed by atoms with Gasteiger partial charge in [-0.05, 0) is 12.0 Å². The van der Waals surface area contributed by atoms with Gasteiger partial charge < -0.3 is 10.2 Å². The highest BCUT2D eigenvalue weighted by Gasteiger charge is 2.10. The molecule has 0 spiro atoms. The summed E-state index contributed by atoms with van der Waals surface area (Å²) in [5, 5.41) is 0. The van der Waals surface area contributed by atoms with Crippen LogP contribution >= 0.6 is 0 Å². The molecule has 1 aromatic heterocycles. The van der Waals surface area contributed by atoms with Gasteiger partial charge in [-0.2, -0.15) is 0 Å². The van der Waals surface area contributed by atoms with E-state index in [9.17, 15) is 0 Å². The maximum absolute atomic E-state index is 5.47. The minimum Gasteiger partial charge on any atom is -0.496 e. The number of hydrogen-bond acceptors (Lipinski definition) is 5. The second-order valence-corrected chi connectivity index (χ2v) is 4.88. The maximum atomic E-state index is 5.47. The summed E-state index contributed by atoms with van der Waals surface area (Å²) in [7, 11) is 1.66. The minimum absolute atomic E-state index is 0.321. The van der Waals surface area contributed by atoms with Gasteiger partial charge in [-0.1, -0.05) is 32.0 Å². The monoisotopic (exact) mass is 272 g/mol. The fourth-order valence-electron chi connectivity index (χ4n) is 1.99. The van der Waals surface area contributed by atoms with Crippen LogP contribution < -0.4 is 16.0 Å². The van der Waals surface area contributed by atoms with E-state index in [1.54, 1.807) is 7.11 Å². The molecule has 0 unspecified atom stereocenters. The van der Waals surface area contributed by atoms with Gasteiger partial charge in [0.25, 0.3) is 0 Å². The Morgan fingerprint density at radius 2 is 2.00 bits per heavy atom. The molecule has 2 rings (SSSR count). The number of anilines is 1. The SMILES string of the molecule is COc1ccccc1Cc1nc(NN)cc(C(C)C)n1. The van der Waals surface area contributed by atoms with Crippen LogP contribution in [-0.2, 0) is 6.42 Å². The molecule has 0 aliphatic heterocycles. The zero-order valence-corrected chi connectivity index (χ0v) is 12.1. The molecule has 0 saturated carbocycles. The Hall–Kier alpha value is -2.14. The van der Waals surface area contributed by atoms with E-state index in [4.69, 9.17) is 10.6 Å². The Labute approximate surface area is 119 Å². The lowest BCUT2D eigenvalue weighted by atomic mass is 10.1. The summed E-state index contributed by atoms with van der Waals surface area (Å²) in [5.74, 6) is 8.00. The number of nitrogens with two attached hydrogens (primary N) is 1. The van der Waals surface area contributed by atoms with Crippen molar-refractivity contribution in [2.24, 2.45) is 5.84 Å². The number of hydrogen-bond donors (Lipinski definition) is 2. The molecule has 0 fully saturated rings. The largest absolute Gasteiger partial charge is 0.496 e. The van der Waals surface area contributed by atoms with Gasteiger partial charge in [-0.3, -0.25) is 0 Å². The molecule has 0 saturated heterocycles.